The molecule has 0 fully saturated rings. The van der Waals surface area contributed by atoms with Crippen LogP contribution in [-0.4, -0.2) is 21.3 Å². The zero-order valence-corrected chi connectivity index (χ0v) is 17.6. The van der Waals surface area contributed by atoms with Crippen LogP contribution in [0.5, 0.6) is 0 Å². The molecule has 0 radical (unpaired) electrons. The first-order chi connectivity index (χ1) is 14.7. The maximum Gasteiger partial charge on any atom is 0.326 e. The minimum absolute atomic E-state index is 0.101. The van der Waals surface area contributed by atoms with Crippen LogP contribution >= 0.6 is 11.8 Å². The summed E-state index contributed by atoms with van der Waals surface area (Å²) in [5.41, 5.74) is 3.69. The van der Waals surface area contributed by atoms with Gasteiger partial charge in [-0.2, -0.15) is 0 Å². The van der Waals surface area contributed by atoms with Crippen molar-refractivity contribution in [1.82, 2.24) is 9.55 Å². The molecule has 5 nitrogen and oxygen atoms in total. The van der Waals surface area contributed by atoms with Gasteiger partial charge in [0.25, 0.3) is 5.56 Å². The van der Waals surface area contributed by atoms with E-state index in [-0.39, 0.29) is 18.7 Å². The number of rotatable bonds is 8. The van der Waals surface area contributed by atoms with Crippen LogP contribution in [0.25, 0.3) is 0 Å². The van der Waals surface area contributed by atoms with Gasteiger partial charge >= 0.3 is 5.97 Å². The number of carbonyl (C=O) groups excluding carboxylic acids is 1. The van der Waals surface area contributed by atoms with E-state index in [9.17, 15) is 9.59 Å². The molecule has 1 heterocycles. The predicted octanol–water partition coefficient (Wildman–Crippen LogP) is 3.81. The van der Waals surface area contributed by atoms with E-state index in [0.29, 0.717) is 5.16 Å². The summed E-state index contributed by atoms with van der Waals surface area (Å²) >= 11 is 1.52. The monoisotopic (exact) mass is 420 g/mol. The topological polar surface area (TPSA) is 61.2 Å². The van der Waals surface area contributed by atoms with E-state index in [2.05, 4.69) is 12.1 Å². The lowest BCUT2D eigenvalue weighted by Gasteiger charge is -2.14. The van der Waals surface area contributed by atoms with Crippen molar-refractivity contribution in [2.75, 3.05) is 5.75 Å². The normalized spacial score (nSPS) is 12.5. The molecule has 6 heteroatoms. The first kappa shape index (κ1) is 20.4. The predicted molar refractivity (Wildman–Crippen MR) is 118 cm³/mol. The third kappa shape index (κ3) is 5.00. The van der Waals surface area contributed by atoms with E-state index >= 15 is 0 Å². The van der Waals surface area contributed by atoms with E-state index in [1.165, 1.54) is 21.9 Å². The minimum atomic E-state index is -0.425. The van der Waals surface area contributed by atoms with Gasteiger partial charge in [-0.15, -0.1) is 0 Å². The lowest BCUT2D eigenvalue weighted by molar-refractivity contribution is -0.145. The highest BCUT2D eigenvalue weighted by Crippen LogP contribution is 2.22. The molecule has 0 saturated carbocycles. The van der Waals surface area contributed by atoms with Crippen LogP contribution in [-0.2, 0) is 41.9 Å². The molecule has 3 aromatic rings. The van der Waals surface area contributed by atoms with Gasteiger partial charge < -0.3 is 4.74 Å². The first-order valence-electron chi connectivity index (χ1n) is 10.2. The van der Waals surface area contributed by atoms with Crippen LogP contribution in [0.1, 0.15) is 28.8 Å². The smallest absolute Gasteiger partial charge is 0.326 e. The van der Waals surface area contributed by atoms with Gasteiger partial charge in [-0.1, -0.05) is 72.4 Å². The highest BCUT2D eigenvalue weighted by atomic mass is 32.2. The summed E-state index contributed by atoms with van der Waals surface area (Å²) in [6.45, 7) is 0.0862. The number of thioether (sulfide) groups is 1. The number of fused-ring (bicyclic) bond motifs is 1. The maximum absolute atomic E-state index is 13.0. The average Bonchev–Trinajstić information content (AvgIpc) is 3.25. The Labute approximate surface area is 180 Å². The third-order valence-corrected chi connectivity index (χ3v) is 6.13. The standard InChI is InChI=1S/C24H24N2O3S/c27-22(29-17-19-10-5-2-6-11-19)16-26-23(28)20-12-7-13-21(20)25-24(26)30-15-14-18-8-3-1-4-9-18/h1-6,8-11H,7,12-17H2. The van der Waals surface area contributed by atoms with Crippen LogP contribution in [0.2, 0.25) is 0 Å². The number of esters is 1. The highest BCUT2D eigenvalue weighted by Gasteiger charge is 2.22. The molecule has 0 spiro atoms. The van der Waals surface area contributed by atoms with Crippen molar-refractivity contribution in [2.24, 2.45) is 0 Å². The van der Waals surface area contributed by atoms with Gasteiger partial charge in [0.1, 0.15) is 13.2 Å². The number of aryl methyl sites for hydroxylation is 2. The summed E-state index contributed by atoms with van der Waals surface area (Å²) in [5.74, 6) is 0.361. The zero-order valence-electron chi connectivity index (χ0n) is 16.8. The molecule has 0 saturated heterocycles. The lowest BCUT2D eigenvalue weighted by Crippen LogP contribution is -2.30. The van der Waals surface area contributed by atoms with Crippen LogP contribution in [0.3, 0.4) is 0 Å². The fraction of sp³-hybridized carbons (Fsp3) is 0.292. The Morgan fingerprint density at radius 3 is 2.43 bits per heavy atom. The Morgan fingerprint density at radius 1 is 1.00 bits per heavy atom. The molecular weight excluding hydrogens is 396 g/mol. The number of hydrogen-bond donors (Lipinski definition) is 0. The van der Waals surface area contributed by atoms with Crippen molar-refractivity contribution in [1.29, 1.82) is 0 Å². The van der Waals surface area contributed by atoms with Crippen molar-refractivity contribution < 1.29 is 9.53 Å². The summed E-state index contributed by atoms with van der Waals surface area (Å²) in [6.07, 6.45) is 3.37. The van der Waals surface area contributed by atoms with Crippen molar-refractivity contribution in [2.45, 2.75) is 44.0 Å². The molecule has 2 aromatic carbocycles. The molecule has 0 unspecified atom stereocenters. The van der Waals surface area contributed by atoms with Crippen molar-refractivity contribution >= 4 is 17.7 Å². The Bertz CT molecular complexity index is 1070. The zero-order chi connectivity index (χ0) is 20.8. The van der Waals surface area contributed by atoms with Crippen LogP contribution < -0.4 is 5.56 Å². The van der Waals surface area contributed by atoms with Gasteiger partial charge in [0.05, 0.1) is 5.69 Å². The second-order valence-corrected chi connectivity index (χ2v) is 8.36. The summed E-state index contributed by atoms with van der Waals surface area (Å²) in [4.78, 5) is 30.2. The summed E-state index contributed by atoms with van der Waals surface area (Å²) in [7, 11) is 0. The van der Waals surface area contributed by atoms with Gasteiger partial charge in [-0.25, -0.2) is 4.98 Å². The number of nitrogens with zero attached hydrogens (tertiary/aromatic N) is 2. The molecule has 154 valence electrons. The van der Waals surface area contributed by atoms with E-state index in [1.807, 2.05) is 48.5 Å². The van der Waals surface area contributed by atoms with Gasteiger partial charge in [-0.05, 0) is 36.8 Å². The van der Waals surface area contributed by atoms with Crippen molar-refractivity contribution in [3.63, 3.8) is 0 Å². The van der Waals surface area contributed by atoms with E-state index < -0.39 is 5.97 Å². The molecule has 0 bridgehead atoms. The molecule has 4 rings (SSSR count). The Morgan fingerprint density at radius 2 is 1.70 bits per heavy atom. The largest absolute Gasteiger partial charge is 0.459 e. The number of benzene rings is 2. The molecule has 30 heavy (non-hydrogen) atoms. The SMILES string of the molecule is O=C(Cn1c(SCCc2ccccc2)nc2c(c1=O)CCC2)OCc1ccccc1. The van der Waals surface area contributed by atoms with Crippen molar-refractivity contribution in [3.05, 3.63) is 93.4 Å². The number of carbonyl (C=O) groups is 1. The number of aromatic nitrogens is 2. The van der Waals surface area contributed by atoms with E-state index in [0.717, 1.165) is 48.3 Å². The summed E-state index contributed by atoms with van der Waals surface area (Å²) in [6, 6.07) is 19.7. The molecule has 0 atom stereocenters. The number of ether oxygens (including phenoxy) is 1. The molecule has 1 aliphatic rings. The van der Waals surface area contributed by atoms with Crippen LogP contribution in [0.4, 0.5) is 0 Å². The highest BCUT2D eigenvalue weighted by molar-refractivity contribution is 7.99. The van der Waals surface area contributed by atoms with Crippen LogP contribution in [0, 0.1) is 0 Å². The molecule has 1 aliphatic carbocycles. The Hall–Kier alpha value is -2.86. The molecule has 0 N–H and O–H groups in total. The van der Waals surface area contributed by atoms with Crippen LogP contribution in [0.15, 0.2) is 70.6 Å². The lowest BCUT2D eigenvalue weighted by atomic mass is 10.2. The van der Waals surface area contributed by atoms with Gasteiger partial charge in [0, 0.05) is 11.3 Å². The second-order valence-electron chi connectivity index (χ2n) is 7.29. The second kappa shape index (κ2) is 9.76. The van der Waals surface area contributed by atoms with Gasteiger partial charge in [0.2, 0.25) is 0 Å². The average molecular weight is 421 g/mol. The number of hydrogen-bond acceptors (Lipinski definition) is 5. The van der Waals surface area contributed by atoms with E-state index in [1.54, 1.807) is 0 Å². The Balaban J connectivity index is 1.47. The third-order valence-electron chi connectivity index (χ3n) is 5.15. The summed E-state index contributed by atoms with van der Waals surface area (Å²) < 4.78 is 6.89. The fourth-order valence-corrected chi connectivity index (χ4v) is 4.57. The summed E-state index contributed by atoms with van der Waals surface area (Å²) in [5, 5.41) is 0.605. The van der Waals surface area contributed by atoms with Gasteiger partial charge in [-0.3, -0.25) is 14.2 Å². The van der Waals surface area contributed by atoms with E-state index in [4.69, 9.17) is 9.72 Å². The van der Waals surface area contributed by atoms with Crippen molar-refractivity contribution in [3.8, 4) is 0 Å². The quantitative estimate of drug-likeness (QED) is 0.315. The molecule has 1 aromatic heterocycles. The molecule has 0 aliphatic heterocycles. The maximum atomic E-state index is 13.0. The Kier molecular flexibility index (Phi) is 6.64. The molecule has 0 amide bonds. The first-order valence-corrected chi connectivity index (χ1v) is 11.2. The van der Waals surface area contributed by atoms with Gasteiger partial charge in [0.15, 0.2) is 5.16 Å². The minimum Gasteiger partial charge on any atom is -0.459 e. The molecular formula is C24H24N2O3S. The fourth-order valence-electron chi connectivity index (χ4n) is 3.57.